The maximum Gasteiger partial charge on any atom is 0.376 e. The van der Waals surface area contributed by atoms with Gasteiger partial charge in [-0.05, 0) is 18.6 Å². The van der Waals surface area contributed by atoms with Gasteiger partial charge in [-0.15, -0.1) is 5.16 Å². The van der Waals surface area contributed by atoms with Gasteiger partial charge >= 0.3 is 7.60 Å². The molecule has 0 spiro atoms. The topological polar surface area (TPSA) is 79.1 Å². The Morgan fingerprint density at radius 3 is 2.67 bits per heavy atom. The van der Waals surface area contributed by atoms with Crippen molar-refractivity contribution < 1.29 is 19.2 Å². The van der Waals surface area contributed by atoms with E-state index in [-0.39, 0.29) is 12.6 Å². The molecule has 1 rings (SSSR count). The van der Waals surface area contributed by atoms with E-state index in [0.29, 0.717) is 5.75 Å². The third kappa shape index (κ3) is 4.63. The molecule has 1 aromatic rings. The Labute approximate surface area is 87.5 Å². The van der Waals surface area contributed by atoms with Crippen molar-refractivity contribution in [3.63, 3.8) is 0 Å². The summed E-state index contributed by atoms with van der Waals surface area (Å²) in [5, 5.41) is 10.8. The van der Waals surface area contributed by atoms with Crippen molar-refractivity contribution in [2.75, 3.05) is 6.16 Å². The molecule has 6 heteroatoms. The number of hydrogen-bond donors (Lipinski definition) is 2. The Kier molecular flexibility index (Phi) is 4.34. The highest BCUT2D eigenvalue weighted by atomic mass is 31.2. The maximum absolute atomic E-state index is 11.4. The molecular formula is C9H12NO4P. The van der Waals surface area contributed by atoms with Gasteiger partial charge in [0.2, 0.25) is 0 Å². The van der Waals surface area contributed by atoms with Crippen LogP contribution in [0.25, 0.3) is 0 Å². The van der Waals surface area contributed by atoms with E-state index in [4.69, 9.17) is 9.73 Å². The first-order valence-electron chi connectivity index (χ1n) is 4.36. The molecule has 0 bridgehead atoms. The van der Waals surface area contributed by atoms with Crippen molar-refractivity contribution >= 4 is 13.8 Å². The van der Waals surface area contributed by atoms with E-state index in [0.717, 1.165) is 6.21 Å². The lowest BCUT2D eigenvalue weighted by Crippen LogP contribution is -1.97. The lowest BCUT2D eigenvalue weighted by atomic mass is 10.3. The van der Waals surface area contributed by atoms with Gasteiger partial charge < -0.3 is 14.6 Å². The molecule has 0 heterocycles. The Bertz CT molecular complexity index is 366. The summed E-state index contributed by atoms with van der Waals surface area (Å²) in [6.45, 7) is 0. The van der Waals surface area contributed by atoms with Gasteiger partial charge in [-0.25, -0.2) is 4.57 Å². The smallest absolute Gasteiger partial charge is 0.376 e. The van der Waals surface area contributed by atoms with Crippen molar-refractivity contribution in [3.8, 4) is 5.75 Å². The first-order chi connectivity index (χ1) is 7.14. The van der Waals surface area contributed by atoms with Crippen LogP contribution in [0.5, 0.6) is 5.75 Å². The second kappa shape index (κ2) is 5.53. The first kappa shape index (κ1) is 11.8. The van der Waals surface area contributed by atoms with Crippen LogP contribution in [0.3, 0.4) is 0 Å². The fraction of sp³-hybridized carbons (Fsp3) is 0.222. The summed E-state index contributed by atoms with van der Waals surface area (Å²) >= 11 is 0. The number of rotatable bonds is 5. The molecule has 0 saturated carbocycles. The van der Waals surface area contributed by atoms with E-state index < -0.39 is 7.60 Å². The fourth-order valence-corrected chi connectivity index (χ4v) is 1.95. The molecule has 0 aliphatic carbocycles. The SMILES string of the molecule is O=P(O)(CCC=NO)Oc1ccccc1. The summed E-state index contributed by atoms with van der Waals surface area (Å²) in [4.78, 5) is 9.38. The molecule has 1 atom stereocenters. The van der Waals surface area contributed by atoms with Crippen molar-refractivity contribution in [1.82, 2.24) is 0 Å². The average molecular weight is 229 g/mol. The highest BCUT2D eigenvalue weighted by molar-refractivity contribution is 7.53. The van der Waals surface area contributed by atoms with Gasteiger partial charge in [0.25, 0.3) is 0 Å². The van der Waals surface area contributed by atoms with Crippen LogP contribution in [0.15, 0.2) is 35.5 Å². The third-order valence-corrected chi connectivity index (χ3v) is 2.93. The number of nitrogens with zero attached hydrogens (tertiary/aromatic N) is 1. The predicted octanol–water partition coefficient (Wildman–Crippen LogP) is 2.10. The molecule has 0 fully saturated rings. The predicted molar refractivity (Wildman–Crippen MR) is 56.7 cm³/mol. The first-order valence-corrected chi connectivity index (χ1v) is 6.13. The van der Waals surface area contributed by atoms with Gasteiger partial charge in [0, 0.05) is 6.21 Å². The molecule has 0 amide bonds. The van der Waals surface area contributed by atoms with Crippen LogP contribution in [-0.2, 0) is 4.57 Å². The number of hydrogen-bond acceptors (Lipinski definition) is 4. The quantitative estimate of drug-likeness (QED) is 0.350. The zero-order chi connectivity index (χ0) is 11.1. The second-order valence-corrected chi connectivity index (χ2v) is 4.76. The molecule has 1 aromatic carbocycles. The van der Waals surface area contributed by atoms with Crippen molar-refractivity contribution in [1.29, 1.82) is 0 Å². The van der Waals surface area contributed by atoms with Crippen LogP contribution < -0.4 is 4.52 Å². The summed E-state index contributed by atoms with van der Waals surface area (Å²) in [7, 11) is -3.65. The number of oxime groups is 1. The molecule has 0 aliphatic rings. The summed E-state index contributed by atoms with van der Waals surface area (Å²) in [5.41, 5.74) is 0. The molecule has 2 N–H and O–H groups in total. The Morgan fingerprint density at radius 1 is 1.40 bits per heavy atom. The summed E-state index contributed by atoms with van der Waals surface area (Å²) in [6.07, 6.45) is 1.26. The van der Waals surface area contributed by atoms with Crippen LogP contribution in [-0.4, -0.2) is 22.5 Å². The summed E-state index contributed by atoms with van der Waals surface area (Å²) in [5.74, 6) is 0.351. The van der Waals surface area contributed by atoms with Gasteiger partial charge in [0.15, 0.2) is 0 Å². The second-order valence-electron chi connectivity index (χ2n) is 2.85. The highest BCUT2D eigenvalue weighted by Crippen LogP contribution is 2.42. The van der Waals surface area contributed by atoms with Gasteiger partial charge in [-0.1, -0.05) is 18.2 Å². The number of benzene rings is 1. The van der Waals surface area contributed by atoms with E-state index in [1.54, 1.807) is 30.3 Å². The zero-order valence-electron chi connectivity index (χ0n) is 7.98. The Hall–Kier alpha value is -1.32. The van der Waals surface area contributed by atoms with Gasteiger partial charge in [0.05, 0.1) is 6.16 Å². The van der Waals surface area contributed by atoms with Crippen LogP contribution in [0.2, 0.25) is 0 Å². The summed E-state index contributed by atoms with van der Waals surface area (Å²) < 4.78 is 16.4. The fourth-order valence-electron chi connectivity index (χ4n) is 0.970. The molecule has 0 saturated heterocycles. The molecule has 5 nitrogen and oxygen atoms in total. The Balaban J connectivity index is 2.53. The molecule has 0 radical (unpaired) electrons. The molecular weight excluding hydrogens is 217 g/mol. The standard InChI is InChI=1S/C9H12NO4P/c11-10-7-4-8-15(12,13)14-9-5-2-1-3-6-9/h1-3,5-7,11H,4,8H2,(H,12,13). The molecule has 15 heavy (non-hydrogen) atoms. The van der Waals surface area contributed by atoms with Crippen LogP contribution >= 0.6 is 7.60 Å². The van der Waals surface area contributed by atoms with E-state index >= 15 is 0 Å². The van der Waals surface area contributed by atoms with Crippen molar-refractivity contribution in [2.24, 2.45) is 5.16 Å². The molecule has 82 valence electrons. The minimum Gasteiger partial charge on any atom is -0.424 e. The normalized spacial score (nSPS) is 15.0. The zero-order valence-corrected chi connectivity index (χ0v) is 8.88. The lowest BCUT2D eigenvalue weighted by Gasteiger charge is -2.11. The third-order valence-electron chi connectivity index (χ3n) is 1.61. The molecule has 0 aliphatic heterocycles. The minimum atomic E-state index is -3.65. The highest BCUT2D eigenvalue weighted by Gasteiger charge is 2.19. The Morgan fingerprint density at radius 2 is 2.07 bits per heavy atom. The minimum absolute atomic E-state index is 0.0774. The largest absolute Gasteiger partial charge is 0.424 e. The van der Waals surface area contributed by atoms with Gasteiger partial charge in [-0.2, -0.15) is 0 Å². The lowest BCUT2D eigenvalue weighted by molar-refractivity contribution is 0.320. The van der Waals surface area contributed by atoms with E-state index in [9.17, 15) is 9.46 Å². The maximum atomic E-state index is 11.4. The van der Waals surface area contributed by atoms with Crippen molar-refractivity contribution in [3.05, 3.63) is 30.3 Å². The van der Waals surface area contributed by atoms with Crippen LogP contribution in [0.1, 0.15) is 6.42 Å². The molecule has 0 aromatic heterocycles. The van der Waals surface area contributed by atoms with Gasteiger partial charge in [-0.3, -0.25) is 0 Å². The summed E-state index contributed by atoms with van der Waals surface area (Å²) in [6, 6.07) is 8.41. The van der Waals surface area contributed by atoms with Crippen LogP contribution in [0, 0.1) is 0 Å². The number of para-hydroxylation sites is 1. The van der Waals surface area contributed by atoms with E-state index in [1.807, 2.05) is 0 Å². The monoisotopic (exact) mass is 229 g/mol. The van der Waals surface area contributed by atoms with Crippen molar-refractivity contribution in [2.45, 2.75) is 6.42 Å². The van der Waals surface area contributed by atoms with Crippen LogP contribution in [0.4, 0.5) is 0 Å². The van der Waals surface area contributed by atoms with E-state index in [2.05, 4.69) is 5.16 Å². The van der Waals surface area contributed by atoms with E-state index in [1.165, 1.54) is 0 Å². The molecule has 1 unspecified atom stereocenters. The van der Waals surface area contributed by atoms with Gasteiger partial charge in [0.1, 0.15) is 5.75 Å². The average Bonchev–Trinajstić information content (AvgIpc) is 2.18.